The van der Waals surface area contributed by atoms with E-state index in [9.17, 15) is 4.39 Å². The number of aryl methyl sites for hydroxylation is 2. The van der Waals surface area contributed by atoms with Gasteiger partial charge in [-0.3, -0.25) is 0 Å². The van der Waals surface area contributed by atoms with Gasteiger partial charge in [-0.25, -0.2) is 4.39 Å². The molecule has 0 radical (unpaired) electrons. The second-order valence-electron chi connectivity index (χ2n) is 5.31. The van der Waals surface area contributed by atoms with Crippen molar-refractivity contribution in [3.63, 3.8) is 0 Å². The van der Waals surface area contributed by atoms with E-state index >= 15 is 0 Å². The van der Waals surface area contributed by atoms with E-state index in [2.05, 4.69) is 5.32 Å². The number of hydrogen-bond donors (Lipinski definition) is 1. The molecule has 2 atom stereocenters. The highest BCUT2D eigenvalue weighted by Gasteiger charge is 2.27. The van der Waals surface area contributed by atoms with E-state index in [1.807, 2.05) is 57.3 Å². The number of halogens is 1. The molecule has 0 saturated heterocycles. The average molecular weight is 287 g/mol. The Balaban J connectivity index is 2.48. The summed E-state index contributed by atoms with van der Waals surface area (Å²) >= 11 is 0. The molecule has 0 spiro atoms. The fourth-order valence-corrected chi connectivity index (χ4v) is 2.88. The van der Waals surface area contributed by atoms with Gasteiger partial charge < -0.3 is 10.1 Å². The maximum absolute atomic E-state index is 14.5. The van der Waals surface area contributed by atoms with Gasteiger partial charge >= 0.3 is 0 Å². The van der Waals surface area contributed by atoms with Crippen molar-refractivity contribution in [3.05, 3.63) is 70.5 Å². The molecule has 1 N–H and O–H groups in total. The Morgan fingerprint density at radius 2 is 1.76 bits per heavy atom. The summed E-state index contributed by atoms with van der Waals surface area (Å²) in [5.74, 6) is -0.190. The number of rotatable bonds is 5. The highest BCUT2D eigenvalue weighted by molar-refractivity contribution is 5.36. The van der Waals surface area contributed by atoms with E-state index in [0.717, 1.165) is 16.7 Å². The minimum atomic E-state index is -0.243. The lowest BCUT2D eigenvalue weighted by Crippen LogP contribution is -2.27. The van der Waals surface area contributed by atoms with Gasteiger partial charge in [-0.15, -0.1) is 0 Å². The predicted octanol–water partition coefficient (Wildman–Crippen LogP) is 4.09. The molecule has 0 heterocycles. The quantitative estimate of drug-likeness (QED) is 0.894. The van der Waals surface area contributed by atoms with E-state index < -0.39 is 0 Å². The summed E-state index contributed by atoms with van der Waals surface area (Å²) in [5.41, 5.74) is 3.56. The van der Waals surface area contributed by atoms with Crippen LogP contribution in [0.25, 0.3) is 0 Å². The van der Waals surface area contributed by atoms with Gasteiger partial charge in [-0.2, -0.15) is 0 Å². The fourth-order valence-electron chi connectivity index (χ4n) is 2.88. The van der Waals surface area contributed by atoms with E-state index in [0.29, 0.717) is 5.56 Å². The summed E-state index contributed by atoms with van der Waals surface area (Å²) in [6, 6.07) is 13.2. The third-order valence-electron chi connectivity index (χ3n) is 3.79. The molecule has 0 fully saturated rings. The van der Waals surface area contributed by atoms with Crippen LogP contribution in [0, 0.1) is 19.7 Å². The van der Waals surface area contributed by atoms with Crippen molar-refractivity contribution < 1.29 is 9.13 Å². The molecule has 112 valence electrons. The van der Waals surface area contributed by atoms with Crippen LogP contribution in [0.5, 0.6) is 0 Å². The van der Waals surface area contributed by atoms with E-state index in [-0.39, 0.29) is 18.0 Å². The Hall–Kier alpha value is -1.71. The third kappa shape index (κ3) is 3.31. The first-order chi connectivity index (χ1) is 10.1. The molecule has 0 saturated carbocycles. The number of benzene rings is 2. The topological polar surface area (TPSA) is 21.3 Å². The minimum absolute atomic E-state index is 0.190. The Morgan fingerprint density at radius 3 is 2.29 bits per heavy atom. The van der Waals surface area contributed by atoms with E-state index in [1.165, 1.54) is 0 Å². The van der Waals surface area contributed by atoms with Crippen molar-refractivity contribution in [2.24, 2.45) is 0 Å². The molecule has 21 heavy (non-hydrogen) atoms. The molecule has 0 aliphatic rings. The Bertz CT molecular complexity index is 574. The van der Waals surface area contributed by atoms with Crippen molar-refractivity contribution >= 4 is 0 Å². The number of ether oxygens (including phenoxy) is 1. The van der Waals surface area contributed by atoms with Crippen LogP contribution >= 0.6 is 0 Å². The number of likely N-dealkylation sites (N-methyl/N-ethyl adjacent to an activating group) is 1. The zero-order chi connectivity index (χ0) is 15.4. The Labute approximate surface area is 126 Å². The SMILES string of the molecule is CNC(c1c(C)cc(C)cc1F)C(OC)c1ccccc1. The van der Waals surface area contributed by atoms with Crippen molar-refractivity contribution in [2.45, 2.75) is 26.0 Å². The van der Waals surface area contributed by atoms with Gasteiger partial charge in [0, 0.05) is 12.7 Å². The Morgan fingerprint density at radius 1 is 1.10 bits per heavy atom. The lowest BCUT2D eigenvalue weighted by atomic mass is 9.91. The smallest absolute Gasteiger partial charge is 0.128 e. The standard InChI is InChI=1S/C18H22FNO/c1-12-10-13(2)16(15(19)11-12)17(20-3)18(21-4)14-8-6-5-7-9-14/h5-11,17-18,20H,1-4H3. The fraction of sp³-hybridized carbons (Fsp3) is 0.333. The minimum Gasteiger partial charge on any atom is -0.375 e. The van der Waals surface area contributed by atoms with Crippen LogP contribution in [0.3, 0.4) is 0 Å². The molecule has 0 amide bonds. The second kappa shape index (κ2) is 6.83. The summed E-state index contributed by atoms with van der Waals surface area (Å²) in [5, 5.41) is 3.20. The maximum Gasteiger partial charge on any atom is 0.128 e. The van der Waals surface area contributed by atoms with Crippen LogP contribution in [-0.2, 0) is 4.74 Å². The first-order valence-electron chi connectivity index (χ1n) is 7.10. The van der Waals surface area contributed by atoms with Gasteiger partial charge in [0.1, 0.15) is 11.9 Å². The molecule has 0 aromatic heterocycles. The Kier molecular flexibility index (Phi) is 5.10. The first kappa shape index (κ1) is 15.7. The normalized spacial score (nSPS) is 14.0. The highest BCUT2D eigenvalue weighted by atomic mass is 19.1. The first-order valence-corrected chi connectivity index (χ1v) is 7.10. The second-order valence-corrected chi connectivity index (χ2v) is 5.31. The molecule has 0 bridgehead atoms. The molecule has 2 aromatic rings. The van der Waals surface area contributed by atoms with E-state index in [1.54, 1.807) is 13.2 Å². The highest BCUT2D eigenvalue weighted by Crippen LogP contribution is 2.34. The number of methoxy groups -OCH3 is 1. The van der Waals surface area contributed by atoms with Crippen molar-refractivity contribution in [1.82, 2.24) is 5.32 Å². The average Bonchev–Trinajstić information content (AvgIpc) is 2.46. The van der Waals surface area contributed by atoms with Crippen molar-refractivity contribution in [2.75, 3.05) is 14.2 Å². The summed E-state index contributed by atoms with van der Waals surface area (Å²) < 4.78 is 20.1. The zero-order valence-electron chi connectivity index (χ0n) is 13.0. The molecule has 3 heteroatoms. The van der Waals surface area contributed by atoms with Gasteiger partial charge in [-0.1, -0.05) is 36.4 Å². The molecule has 0 aliphatic carbocycles. The lowest BCUT2D eigenvalue weighted by Gasteiger charge is -2.28. The molecular formula is C18H22FNO. The van der Waals surface area contributed by atoms with Crippen molar-refractivity contribution in [1.29, 1.82) is 0 Å². The predicted molar refractivity (Wildman–Crippen MR) is 83.9 cm³/mol. The summed E-state index contributed by atoms with van der Waals surface area (Å²) in [7, 11) is 3.49. The lowest BCUT2D eigenvalue weighted by molar-refractivity contribution is 0.0688. The van der Waals surface area contributed by atoms with Gasteiger partial charge in [0.15, 0.2) is 0 Å². The molecule has 2 aromatic carbocycles. The van der Waals surface area contributed by atoms with E-state index in [4.69, 9.17) is 4.74 Å². The molecule has 2 rings (SSSR count). The summed E-state index contributed by atoms with van der Waals surface area (Å²) in [4.78, 5) is 0. The molecular weight excluding hydrogens is 265 g/mol. The van der Waals surface area contributed by atoms with Gasteiger partial charge in [0.2, 0.25) is 0 Å². The van der Waals surface area contributed by atoms with Crippen LogP contribution in [0.2, 0.25) is 0 Å². The van der Waals surface area contributed by atoms with Crippen LogP contribution in [0.15, 0.2) is 42.5 Å². The largest absolute Gasteiger partial charge is 0.375 e. The van der Waals surface area contributed by atoms with Crippen LogP contribution in [0.4, 0.5) is 4.39 Å². The summed E-state index contributed by atoms with van der Waals surface area (Å²) in [6.45, 7) is 3.84. The van der Waals surface area contributed by atoms with Gasteiger partial charge in [0.05, 0.1) is 6.04 Å². The zero-order valence-corrected chi connectivity index (χ0v) is 13.0. The van der Waals surface area contributed by atoms with Gasteiger partial charge in [-0.05, 0) is 43.7 Å². The van der Waals surface area contributed by atoms with Crippen LogP contribution < -0.4 is 5.32 Å². The van der Waals surface area contributed by atoms with Crippen LogP contribution in [0.1, 0.15) is 34.4 Å². The molecule has 2 unspecified atom stereocenters. The van der Waals surface area contributed by atoms with Gasteiger partial charge in [0.25, 0.3) is 0 Å². The number of hydrogen-bond acceptors (Lipinski definition) is 2. The third-order valence-corrected chi connectivity index (χ3v) is 3.79. The monoisotopic (exact) mass is 287 g/mol. The number of nitrogens with one attached hydrogen (secondary N) is 1. The summed E-state index contributed by atoms with van der Waals surface area (Å²) in [6.07, 6.45) is -0.243. The maximum atomic E-state index is 14.5. The molecule has 2 nitrogen and oxygen atoms in total. The molecule has 0 aliphatic heterocycles. The van der Waals surface area contributed by atoms with Crippen LogP contribution in [-0.4, -0.2) is 14.2 Å². The van der Waals surface area contributed by atoms with Crippen molar-refractivity contribution in [3.8, 4) is 0 Å².